The number of hydrogen-bond acceptors (Lipinski definition) is 4. The maximum absolute atomic E-state index is 11.0. The summed E-state index contributed by atoms with van der Waals surface area (Å²) in [4.78, 5) is 13.6. The van der Waals surface area contributed by atoms with Gasteiger partial charge < -0.3 is 14.3 Å². The Morgan fingerprint density at radius 3 is 2.88 bits per heavy atom. The van der Waals surface area contributed by atoms with E-state index in [-0.39, 0.29) is 12.0 Å². The molecule has 3 rings (SSSR count). The molecule has 2 heterocycles. The number of rotatable bonds is 2. The number of benzene rings is 1. The van der Waals surface area contributed by atoms with Crippen LogP contribution in [0.5, 0.6) is 0 Å². The van der Waals surface area contributed by atoms with Gasteiger partial charge in [0.2, 0.25) is 0 Å². The number of hydrogen-bond donors (Lipinski definition) is 2. The fourth-order valence-corrected chi connectivity index (χ4v) is 1.97. The quantitative estimate of drug-likeness (QED) is 0.768. The summed E-state index contributed by atoms with van der Waals surface area (Å²) in [6, 6.07) is 5.45. The zero-order chi connectivity index (χ0) is 11.2. The topological polar surface area (TPSA) is 75.5 Å². The van der Waals surface area contributed by atoms with Crippen molar-refractivity contribution in [2.24, 2.45) is 0 Å². The molecular formula is C11H11NO4. The third-order valence-corrected chi connectivity index (χ3v) is 3.09. The van der Waals surface area contributed by atoms with Gasteiger partial charge in [0.15, 0.2) is 5.58 Å². The van der Waals surface area contributed by atoms with Gasteiger partial charge in [-0.25, -0.2) is 4.79 Å². The molecule has 84 valence electrons. The van der Waals surface area contributed by atoms with Crippen molar-refractivity contribution in [1.82, 2.24) is 4.98 Å². The monoisotopic (exact) mass is 221 g/mol. The van der Waals surface area contributed by atoms with Crippen molar-refractivity contribution in [2.45, 2.75) is 5.41 Å². The van der Waals surface area contributed by atoms with Crippen LogP contribution in [0, 0.1) is 0 Å². The third-order valence-electron chi connectivity index (χ3n) is 3.09. The van der Waals surface area contributed by atoms with Gasteiger partial charge in [-0.2, -0.15) is 0 Å². The first-order valence-electron chi connectivity index (χ1n) is 5.05. The van der Waals surface area contributed by atoms with E-state index in [0.717, 1.165) is 5.56 Å². The van der Waals surface area contributed by atoms with Crippen LogP contribution in [0.15, 0.2) is 27.4 Å². The summed E-state index contributed by atoms with van der Waals surface area (Å²) in [6.45, 7) is 1.04. The molecule has 1 aromatic carbocycles. The van der Waals surface area contributed by atoms with E-state index in [1.54, 1.807) is 12.1 Å². The van der Waals surface area contributed by atoms with Crippen LogP contribution in [-0.4, -0.2) is 29.9 Å². The highest BCUT2D eigenvalue weighted by atomic mass is 16.5. The van der Waals surface area contributed by atoms with E-state index in [4.69, 9.17) is 9.15 Å². The molecule has 2 N–H and O–H groups in total. The smallest absolute Gasteiger partial charge is 0.408 e. The SMILES string of the molecule is O=c1[nH]c2ccc(C3(CO)COC3)cc2o1. The van der Waals surface area contributed by atoms with Crippen LogP contribution in [0.1, 0.15) is 5.56 Å². The average molecular weight is 221 g/mol. The van der Waals surface area contributed by atoms with Crippen LogP contribution in [0.4, 0.5) is 0 Å². The second-order valence-electron chi connectivity index (χ2n) is 4.16. The van der Waals surface area contributed by atoms with E-state index in [2.05, 4.69) is 4.98 Å². The van der Waals surface area contributed by atoms with Gasteiger partial charge in [-0.1, -0.05) is 6.07 Å². The number of aromatic amines is 1. The molecule has 0 unspecified atom stereocenters. The Kier molecular flexibility index (Phi) is 1.92. The number of aliphatic hydroxyl groups is 1. The van der Waals surface area contributed by atoms with Crippen molar-refractivity contribution >= 4 is 11.1 Å². The highest BCUT2D eigenvalue weighted by molar-refractivity contribution is 5.73. The number of oxazole rings is 1. The van der Waals surface area contributed by atoms with Gasteiger partial charge in [0.25, 0.3) is 0 Å². The Bertz CT molecular complexity index is 573. The summed E-state index contributed by atoms with van der Waals surface area (Å²) in [6.07, 6.45) is 0. The second-order valence-corrected chi connectivity index (χ2v) is 4.16. The predicted molar refractivity (Wildman–Crippen MR) is 56.4 cm³/mol. The van der Waals surface area contributed by atoms with Gasteiger partial charge in [-0.3, -0.25) is 4.98 Å². The van der Waals surface area contributed by atoms with Crippen LogP contribution in [0.2, 0.25) is 0 Å². The van der Waals surface area contributed by atoms with Gasteiger partial charge in [0.1, 0.15) is 0 Å². The molecule has 5 nitrogen and oxygen atoms in total. The first kappa shape index (κ1) is 9.62. The standard InChI is InChI=1S/C11H11NO4/c13-4-11(5-15-6-11)7-1-2-8-9(3-7)16-10(14)12-8/h1-3,13H,4-6H2,(H,12,14). The Morgan fingerprint density at radius 1 is 1.44 bits per heavy atom. The highest BCUT2D eigenvalue weighted by Gasteiger charge is 2.40. The average Bonchev–Trinajstić information content (AvgIpc) is 2.56. The van der Waals surface area contributed by atoms with Gasteiger partial charge in [0, 0.05) is 0 Å². The lowest BCUT2D eigenvalue weighted by Gasteiger charge is -2.40. The molecule has 2 aromatic rings. The molecule has 0 radical (unpaired) electrons. The molecule has 0 atom stereocenters. The van der Waals surface area contributed by atoms with E-state index in [1.807, 2.05) is 6.07 Å². The number of aromatic nitrogens is 1. The molecule has 0 aliphatic carbocycles. The maximum Gasteiger partial charge on any atom is 0.417 e. The van der Waals surface area contributed by atoms with Gasteiger partial charge >= 0.3 is 5.76 Å². The maximum atomic E-state index is 11.0. The minimum atomic E-state index is -0.463. The fraction of sp³-hybridized carbons (Fsp3) is 0.364. The van der Waals surface area contributed by atoms with Crippen molar-refractivity contribution in [3.8, 4) is 0 Å². The number of aliphatic hydroxyl groups excluding tert-OH is 1. The van der Waals surface area contributed by atoms with E-state index in [1.165, 1.54) is 0 Å². The van der Waals surface area contributed by atoms with E-state index < -0.39 is 5.76 Å². The zero-order valence-corrected chi connectivity index (χ0v) is 8.53. The minimum Gasteiger partial charge on any atom is -0.408 e. The summed E-state index contributed by atoms with van der Waals surface area (Å²) in [5, 5.41) is 9.39. The number of nitrogens with one attached hydrogen (secondary N) is 1. The normalized spacial score (nSPS) is 18.6. The Morgan fingerprint density at radius 2 is 2.25 bits per heavy atom. The third kappa shape index (κ3) is 1.22. The molecule has 0 amide bonds. The molecular weight excluding hydrogens is 210 g/mol. The minimum absolute atomic E-state index is 0.0349. The van der Waals surface area contributed by atoms with Crippen molar-refractivity contribution in [3.63, 3.8) is 0 Å². The molecule has 1 aliphatic heterocycles. The van der Waals surface area contributed by atoms with Gasteiger partial charge in [-0.05, 0) is 17.7 Å². The summed E-state index contributed by atoms with van der Waals surface area (Å²) < 4.78 is 10.1. The Balaban J connectivity index is 2.14. The zero-order valence-electron chi connectivity index (χ0n) is 8.53. The number of H-pyrrole nitrogens is 1. The summed E-state index contributed by atoms with van der Waals surface area (Å²) >= 11 is 0. The van der Waals surface area contributed by atoms with Crippen LogP contribution in [-0.2, 0) is 10.2 Å². The Hall–Kier alpha value is -1.59. The van der Waals surface area contributed by atoms with Crippen molar-refractivity contribution in [1.29, 1.82) is 0 Å². The molecule has 0 bridgehead atoms. The summed E-state index contributed by atoms with van der Waals surface area (Å²) in [7, 11) is 0. The molecule has 16 heavy (non-hydrogen) atoms. The van der Waals surface area contributed by atoms with Gasteiger partial charge in [0.05, 0.1) is 30.8 Å². The van der Waals surface area contributed by atoms with Crippen LogP contribution < -0.4 is 5.76 Å². The van der Waals surface area contributed by atoms with E-state index >= 15 is 0 Å². The first-order chi connectivity index (χ1) is 7.73. The second kappa shape index (κ2) is 3.20. The summed E-state index contributed by atoms with van der Waals surface area (Å²) in [5.74, 6) is -0.463. The fourth-order valence-electron chi connectivity index (χ4n) is 1.97. The highest BCUT2D eigenvalue weighted by Crippen LogP contribution is 2.33. The van der Waals surface area contributed by atoms with Crippen LogP contribution >= 0.6 is 0 Å². The molecule has 5 heteroatoms. The predicted octanol–water partition coefficient (Wildman–Crippen LogP) is 0.381. The van der Waals surface area contributed by atoms with Crippen LogP contribution in [0.25, 0.3) is 11.1 Å². The molecule has 1 fully saturated rings. The van der Waals surface area contributed by atoms with Crippen molar-refractivity contribution in [2.75, 3.05) is 19.8 Å². The first-order valence-corrected chi connectivity index (χ1v) is 5.05. The molecule has 1 aromatic heterocycles. The number of fused-ring (bicyclic) bond motifs is 1. The van der Waals surface area contributed by atoms with Crippen molar-refractivity contribution in [3.05, 3.63) is 34.3 Å². The number of ether oxygens (including phenoxy) is 1. The lowest BCUT2D eigenvalue weighted by Crippen LogP contribution is -2.49. The molecule has 1 saturated heterocycles. The van der Waals surface area contributed by atoms with E-state index in [9.17, 15) is 9.90 Å². The van der Waals surface area contributed by atoms with E-state index in [0.29, 0.717) is 24.3 Å². The molecule has 0 spiro atoms. The lowest BCUT2D eigenvalue weighted by molar-refractivity contribution is -0.0841. The van der Waals surface area contributed by atoms with Gasteiger partial charge in [-0.15, -0.1) is 0 Å². The largest absolute Gasteiger partial charge is 0.417 e. The van der Waals surface area contributed by atoms with Crippen molar-refractivity contribution < 1.29 is 14.3 Å². The summed E-state index contributed by atoms with van der Waals surface area (Å²) in [5.41, 5.74) is 1.80. The van der Waals surface area contributed by atoms with Crippen LogP contribution in [0.3, 0.4) is 0 Å². The molecule has 1 aliphatic rings. The molecule has 0 saturated carbocycles. The Labute approximate surface area is 90.7 Å². The lowest BCUT2D eigenvalue weighted by atomic mass is 9.79.